The number of rotatable bonds is 12. The number of anilines is 3. The van der Waals surface area contributed by atoms with Crippen LogP contribution in [0.5, 0.6) is 17.5 Å². The average Bonchev–Trinajstić information content (AvgIpc) is 3.51. The number of hydrogen-bond acceptors (Lipinski definition) is 17. The number of carboxylic acid groups (broad SMARTS) is 1. The summed E-state index contributed by atoms with van der Waals surface area (Å²) < 4.78 is 66.6. The molecule has 1 atom stereocenters. The summed E-state index contributed by atoms with van der Waals surface area (Å²) in [7, 11) is -2.56. The molecule has 6 rings (SSSR count). The molecule has 0 spiro atoms. The van der Waals surface area contributed by atoms with Crippen LogP contribution in [0.15, 0.2) is 52.7 Å². The Morgan fingerprint density at radius 1 is 1.03 bits per heavy atom. The molecule has 2 aliphatic heterocycles. The van der Waals surface area contributed by atoms with Gasteiger partial charge in [-0.2, -0.15) is 18.4 Å². The van der Waals surface area contributed by atoms with Crippen molar-refractivity contribution in [3.8, 4) is 29.9 Å². The zero-order valence-corrected chi connectivity index (χ0v) is 40.3. The van der Waals surface area contributed by atoms with Gasteiger partial charge in [-0.3, -0.25) is 39.5 Å². The molecule has 4 heterocycles. The van der Waals surface area contributed by atoms with Crippen molar-refractivity contribution in [3.05, 3.63) is 59.1 Å². The van der Waals surface area contributed by atoms with Gasteiger partial charge in [0.25, 0.3) is 33.7 Å². The second-order valence-electron chi connectivity index (χ2n) is 14.6. The van der Waals surface area contributed by atoms with Gasteiger partial charge in [-0.05, 0) is 54.8 Å². The Morgan fingerprint density at radius 3 is 2.10 bits per heavy atom. The number of imide groups is 1. The minimum atomic E-state index is -4.46. The number of nitrogens with one attached hydrogen (secondary N) is 3. The van der Waals surface area contributed by atoms with Gasteiger partial charge in [0.2, 0.25) is 17.7 Å². The molecule has 0 saturated heterocycles. The lowest BCUT2D eigenvalue weighted by Gasteiger charge is -2.29. The van der Waals surface area contributed by atoms with E-state index in [9.17, 15) is 51.0 Å². The Labute approximate surface area is 393 Å². The molecule has 3 aromatic rings. The molecule has 0 radical (unpaired) electrons. The highest BCUT2D eigenvalue weighted by Crippen LogP contribution is 2.42. The van der Waals surface area contributed by atoms with E-state index in [1.54, 1.807) is 4.72 Å². The number of aliphatic carboxylic acids is 1. The predicted molar refractivity (Wildman–Crippen MR) is 243 cm³/mol. The first kappa shape index (κ1) is 55.6. The molecule has 6 amide bonds. The van der Waals surface area contributed by atoms with Crippen LogP contribution in [0.3, 0.4) is 0 Å². The van der Waals surface area contributed by atoms with Gasteiger partial charge in [0.15, 0.2) is 17.5 Å². The number of amides is 6. The maximum atomic E-state index is 14.7. The Balaban J connectivity index is 0.000000283. The maximum absolute atomic E-state index is 14.7. The largest absolute Gasteiger partial charge is 0.778 e. The highest BCUT2D eigenvalue weighted by atomic mass is 32.2. The lowest BCUT2D eigenvalue weighted by molar-refractivity contribution is -0.193. The van der Waals surface area contributed by atoms with E-state index in [-0.39, 0.29) is 59.5 Å². The molecular weight excluding hydrogens is 961 g/mol. The highest BCUT2D eigenvalue weighted by Gasteiger charge is 2.42. The van der Waals surface area contributed by atoms with Crippen LogP contribution in [0.25, 0.3) is 0 Å². The molecule has 2 aromatic heterocycles. The van der Waals surface area contributed by atoms with Gasteiger partial charge >= 0.3 is 12.0 Å². The van der Waals surface area contributed by atoms with E-state index in [1.807, 2.05) is 5.32 Å². The molecule has 5 N–H and O–H groups in total. The van der Waals surface area contributed by atoms with E-state index in [4.69, 9.17) is 30.6 Å². The van der Waals surface area contributed by atoms with Crippen LogP contribution >= 0.6 is 7.60 Å². The number of hydrogen-bond donors (Lipinski definition) is 5. The van der Waals surface area contributed by atoms with Gasteiger partial charge in [-0.15, -0.1) is 6.42 Å². The first-order valence-electron chi connectivity index (χ1n) is 19.6. The van der Waals surface area contributed by atoms with Crippen LogP contribution in [-0.4, -0.2) is 147 Å². The molecule has 3 aliphatic rings. The summed E-state index contributed by atoms with van der Waals surface area (Å²) >= 11 is 0. The number of pyridine rings is 1. The van der Waals surface area contributed by atoms with Crippen LogP contribution in [0.4, 0.5) is 26.5 Å². The fourth-order valence-electron chi connectivity index (χ4n) is 5.88. The molecule has 0 fully saturated rings. The molecule has 1 aliphatic carbocycles. The van der Waals surface area contributed by atoms with Crippen LogP contribution < -0.4 is 44.3 Å². The number of ether oxygens (including phenoxy) is 3. The second kappa shape index (κ2) is 24.9. The van der Waals surface area contributed by atoms with Crippen LogP contribution in [-0.2, 0) is 44.7 Å². The van der Waals surface area contributed by atoms with Crippen molar-refractivity contribution in [2.24, 2.45) is 0 Å². The van der Waals surface area contributed by atoms with Crippen LogP contribution in [0, 0.1) is 18.2 Å². The van der Waals surface area contributed by atoms with Crippen molar-refractivity contribution in [2.75, 3.05) is 88.2 Å². The Bertz CT molecular complexity index is 2590. The summed E-state index contributed by atoms with van der Waals surface area (Å²) in [6.07, 6.45) is 15.1. The number of terminal acetylenes is 1. The first-order chi connectivity index (χ1) is 31.8. The number of nitrogens with zero attached hydrogens (tertiary/aromatic N) is 6. The number of urea groups is 1. The van der Waals surface area contributed by atoms with Gasteiger partial charge < -0.3 is 38.6 Å². The number of carboxylic acids is 1. The fraction of sp³-hybridized carbons (Fsp3) is 0.375. The predicted octanol–water partition coefficient (Wildman–Crippen LogP) is 0.687. The topological polar surface area (TPSA) is 329 Å². The molecule has 68 heavy (non-hydrogen) atoms. The normalized spacial score (nSPS) is 14.7. The lowest BCUT2D eigenvalue weighted by Crippen LogP contribution is -2.39. The van der Waals surface area contributed by atoms with Crippen molar-refractivity contribution in [2.45, 2.75) is 30.7 Å². The minimum absolute atomic E-state index is 0.0170. The Kier molecular flexibility index (Phi) is 20.4. The van der Waals surface area contributed by atoms with E-state index in [2.05, 4.69) is 45.0 Å². The number of methoxy groups -OCH3 is 2. The van der Waals surface area contributed by atoms with Crippen molar-refractivity contribution in [1.82, 2.24) is 29.9 Å². The van der Waals surface area contributed by atoms with E-state index in [1.165, 1.54) is 68.6 Å². The number of aromatic nitrogens is 3. The minimum Gasteiger partial charge on any atom is -0.778 e. The number of sulfonamides is 1. The zero-order valence-electron chi connectivity index (χ0n) is 37.7. The van der Waals surface area contributed by atoms with Crippen molar-refractivity contribution >= 4 is 81.5 Å². The summed E-state index contributed by atoms with van der Waals surface area (Å²) in [5.74, 6) is -1.43. The number of carbonyl (C=O) groups excluding carboxylic acids is 5. The maximum Gasteiger partial charge on any atom is 0.335 e. The van der Waals surface area contributed by atoms with E-state index in [0.29, 0.717) is 34.9 Å². The molecule has 0 saturated carbocycles. The third kappa shape index (κ3) is 15.7. The smallest absolute Gasteiger partial charge is 0.335 e. The molecule has 1 aromatic carbocycles. The molecule has 24 nitrogen and oxygen atoms in total. The standard InChI is InChI=1S/C19H15FN2O4.C15H18N6O6S.C3H8NO5P.C3H9S/c1-2-7-21-15-9-14(13(20)8-16(15)26-10-17(21)23)22-18(24)11-5-3-4-6-12(11)19(22)25;1-21(2)13(22)9-6-5-7-16-12(9)28(24,25)20-15(23)19-14-17-10(26-3)8-11(18-14)27-4;5-3(6)1-4-2-10(7,8)9;1-4(2)3/h1,8-9H,3-7,10H2;5-8H,1-4H3,(H2,17,18,19,20,23);4H,1-2H2,(H,5,6)(H2,7,8,9);1-3H3/q;;;+1/p-1. The number of carbonyl (C=O) groups is 6. The third-order valence-electron chi connectivity index (χ3n) is 8.65. The lowest BCUT2D eigenvalue weighted by atomic mass is 9.93. The average molecular weight is 1010 g/mol. The van der Waals surface area contributed by atoms with Crippen molar-refractivity contribution in [3.63, 3.8) is 0 Å². The van der Waals surface area contributed by atoms with E-state index >= 15 is 0 Å². The Hall–Kier alpha value is -6.69. The van der Waals surface area contributed by atoms with Crippen LogP contribution in [0.2, 0.25) is 0 Å². The summed E-state index contributed by atoms with van der Waals surface area (Å²) in [5, 5.41) is 11.5. The fourth-order valence-corrected chi connectivity index (χ4v) is 7.31. The van der Waals surface area contributed by atoms with Gasteiger partial charge in [0.1, 0.15) is 13.3 Å². The highest BCUT2D eigenvalue weighted by molar-refractivity contribution is 7.94. The SMILES string of the molecule is C#CCN1C(=O)COc2cc(F)c(N3C(=O)C4=C(CCCC4)C3=O)cc21.COc1cc(OC)nc(NC(=O)NS(=O)(=O)c2ncccc2C(=O)N(C)C)n1.C[S+](C)C.O=C(O)CNCP(=O)([O-])O. The third-order valence-corrected chi connectivity index (χ3v) is 10.6. The first-order valence-corrected chi connectivity index (χ1v) is 25.3. The molecule has 1 unspecified atom stereocenters. The summed E-state index contributed by atoms with van der Waals surface area (Å²) in [6, 6.07) is 5.27. The zero-order chi connectivity index (χ0) is 51.1. The second-order valence-corrected chi connectivity index (χ2v) is 20.2. The molecule has 368 valence electrons. The van der Waals surface area contributed by atoms with Gasteiger partial charge in [-0.25, -0.2) is 23.8 Å². The van der Waals surface area contributed by atoms with E-state index < -0.39 is 71.0 Å². The van der Waals surface area contributed by atoms with E-state index in [0.717, 1.165) is 23.8 Å². The molecular formula is C40H49FN9O15PS2. The quantitative estimate of drug-likeness (QED) is 0.0721. The number of fused-ring (bicyclic) bond motifs is 1. The number of halogens is 1. The van der Waals surface area contributed by atoms with Crippen LogP contribution in [0.1, 0.15) is 36.0 Å². The summed E-state index contributed by atoms with van der Waals surface area (Å²) in [6.45, 7) is -0.741. The summed E-state index contributed by atoms with van der Waals surface area (Å²) in [4.78, 5) is 104. The monoisotopic (exact) mass is 1010 g/mol. The Morgan fingerprint density at radius 2 is 1.60 bits per heavy atom. The molecule has 0 bridgehead atoms. The summed E-state index contributed by atoms with van der Waals surface area (Å²) in [5.41, 5.74) is 0.805. The van der Waals surface area contributed by atoms with Crippen molar-refractivity contribution in [1.29, 1.82) is 0 Å². The number of benzene rings is 1. The van der Waals surface area contributed by atoms with Gasteiger partial charge in [0, 0.05) is 37.5 Å². The van der Waals surface area contributed by atoms with Crippen molar-refractivity contribution < 1.29 is 75.2 Å². The van der Waals surface area contributed by atoms with Gasteiger partial charge in [0.05, 0.1) is 75.4 Å². The molecule has 28 heteroatoms. The van der Waals surface area contributed by atoms with Gasteiger partial charge in [-0.1, -0.05) is 5.92 Å².